The van der Waals surface area contributed by atoms with E-state index < -0.39 is 10.0 Å². The number of nitrogens with zero attached hydrogens (tertiary/aromatic N) is 3. The van der Waals surface area contributed by atoms with Crippen LogP contribution < -0.4 is 4.72 Å². The number of rotatable bonds is 3. The summed E-state index contributed by atoms with van der Waals surface area (Å²) in [4.78, 5) is 7.68. The summed E-state index contributed by atoms with van der Waals surface area (Å²) in [6.07, 6.45) is 2.85. The van der Waals surface area contributed by atoms with E-state index in [0.29, 0.717) is 0 Å². The average molecular weight is 287 g/mol. The van der Waals surface area contributed by atoms with Crippen LogP contribution in [0.25, 0.3) is 0 Å². The van der Waals surface area contributed by atoms with Crippen molar-refractivity contribution in [2.24, 2.45) is 7.05 Å². The van der Waals surface area contributed by atoms with Gasteiger partial charge in [0.1, 0.15) is 11.0 Å². The number of pyridine rings is 1. The maximum Gasteiger partial charge on any atom is 0.283 e. The molecule has 2 rings (SSSR count). The number of sulfonamides is 1. The molecule has 0 aliphatic rings. The van der Waals surface area contributed by atoms with Crippen LogP contribution in [-0.4, -0.2) is 23.0 Å². The van der Waals surface area contributed by atoms with Gasteiger partial charge < -0.3 is 4.57 Å². The van der Waals surface area contributed by atoms with Gasteiger partial charge in [-0.15, -0.1) is 0 Å². The molecule has 0 fully saturated rings. The number of anilines is 1. The molecule has 0 aromatic carbocycles. The van der Waals surface area contributed by atoms with Crippen molar-refractivity contribution in [2.45, 2.75) is 11.9 Å². The summed E-state index contributed by atoms with van der Waals surface area (Å²) in [5.74, 6) is 0.233. The van der Waals surface area contributed by atoms with E-state index in [1.165, 1.54) is 17.1 Å². The molecular formula is C10H11ClN4O2S. The molecule has 0 unspecified atom stereocenters. The van der Waals surface area contributed by atoms with Crippen LogP contribution in [0, 0.1) is 6.92 Å². The van der Waals surface area contributed by atoms with E-state index in [1.54, 1.807) is 19.2 Å². The summed E-state index contributed by atoms with van der Waals surface area (Å²) in [7, 11) is -2.21. The Bertz CT molecular complexity index is 681. The summed E-state index contributed by atoms with van der Waals surface area (Å²) in [5.41, 5.74) is 0.898. The molecule has 1 N–H and O–H groups in total. The van der Waals surface area contributed by atoms with Gasteiger partial charge in [0.25, 0.3) is 10.0 Å². The van der Waals surface area contributed by atoms with E-state index in [4.69, 9.17) is 11.6 Å². The Balaban J connectivity index is 2.36. The van der Waals surface area contributed by atoms with E-state index >= 15 is 0 Å². The van der Waals surface area contributed by atoms with Crippen LogP contribution in [-0.2, 0) is 17.1 Å². The lowest BCUT2D eigenvalue weighted by Crippen LogP contribution is -2.15. The maximum atomic E-state index is 12.0. The standard InChI is InChI=1S/C10H11ClN4O2S/c1-7-3-4-12-8(5-7)14-18(16,17)10-9(11)15(2)6-13-10/h3-6H,1-2H3,(H,12,14). The van der Waals surface area contributed by atoms with Crippen molar-refractivity contribution in [1.82, 2.24) is 14.5 Å². The lowest BCUT2D eigenvalue weighted by molar-refractivity contribution is 0.598. The van der Waals surface area contributed by atoms with E-state index in [0.717, 1.165) is 5.56 Å². The van der Waals surface area contributed by atoms with Gasteiger partial charge in [0.2, 0.25) is 5.03 Å². The molecule has 2 heterocycles. The van der Waals surface area contributed by atoms with E-state index in [-0.39, 0.29) is 16.0 Å². The first-order chi connectivity index (χ1) is 8.40. The molecular weight excluding hydrogens is 276 g/mol. The van der Waals surface area contributed by atoms with Gasteiger partial charge in [-0.2, -0.15) is 8.42 Å². The molecule has 0 atom stereocenters. The molecule has 0 saturated carbocycles. The SMILES string of the molecule is Cc1ccnc(NS(=O)(=O)c2ncn(C)c2Cl)c1. The fourth-order valence-corrected chi connectivity index (χ4v) is 2.78. The first kappa shape index (κ1) is 12.8. The van der Waals surface area contributed by atoms with Crippen LogP contribution in [0.1, 0.15) is 5.56 Å². The molecule has 0 spiro atoms. The van der Waals surface area contributed by atoms with Gasteiger partial charge in [0, 0.05) is 13.2 Å². The third-order valence-corrected chi connectivity index (χ3v) is 4.09. The van der Waals surface area contributed by atoms with Gasteiger partial charge >= 0.3 is 0 Å². The second-order valence-electron chi connectivity index (χ2n) is 3.78. The van der Waals surface area contributed by atoms with Gasteiger partial charge in [-0.1, -0.05) is 11.6 Å². The van der Waals surface area contributed by atoms with Crippen molar-refractivity contribution in [2.75, 3.05) is 4.72 Å². The Morgan fingerprint density at radius 2 is 2.11 bits per heavy atom. The van der Waals surface area contributed by atoms with E-state index in [2.05, 4.69) is 14.7 Å². The minimum absolute atomic E-state index is 0.0511. The summed E-state index contributed by atoms with van der Waals surface area (Å²) in [5, 5.41) is -0.162. The zero-order chi connectivity index (χ0) is 13.3. The van der Waals surface area contributed by atoms with Gasteiger partial charge in [-0.3, -0.25) is 4.72 Å². The number of hydrogen-bond acceptors (Lipinski definition) is 4. The first-order valence-corrected chi connectivity index (χ1v) is 6.88. The Morgan fingerprint density at radius 1 is 1.39 bits per heavy atom. The predicted octanol–water partition coefficient (Wildman–Crippen LogP) is 1.58. The lowest BCUT2D eigenvalue weighted by Gasteiger charge is -2.05. The number of aromatic nitrogens is 3. The summed E-state index contributed by atoms with van der Waals surface area (Å²) in [6.45, 7) is 1.84. The molecule has 18 heavy (non-hydrogen) atoms. The number of halogens is 1. The van der Waals surface area contributed by atoms with Crippen molar-refractivity contribution in [3.05, 3.63) is 35.4 Å². The number of hydrogen-bond donors (Lipinski definition) is 1. The van der Waals surface area contributed by atoms with Crippen molar-refractivity contribution in [1.29, 1.82) is 0 Å². The van der Waals surface area contributed by atoms with E-state index in [9.17, 15) is 8.42 Å². The highest BCUT2D eigenvalue weighted by atomic mass is 35.5. The molecule has 0 bridgehead atoms. The summed E-state index contributed by atoms with van der Waals surface area (Å²) < 4.78 is 27.8. The third kappa shape index (κ3) is 2.46. The molecule has 96 valence electrons. The number of aryl methyl sites for hydroxylation is 2. The van der Waals surface area contributed by atoms with Crippen molar-refractivity contribution >= 4 is 27.4 Å². The van der Waals surface area contributed by atoms with Crippen molar-refractivity contribution < 1.29 is 8.42 Å². The minimum Gasteiger partial charge on any atom is -0.324 e. The summed E-state index contributed by atoms with van der Waals surface area (Å²) in [6, 6.07) is 3.39. The topological polar surface area (TPSA) is 76.9 Å². The Kier molecular flexibility index (Phi) is 3.27. The molecule has 2 aromatic heterocycles. The second-order valence-corrected chi connectivity index (χ2v) is 5.73. The zero-order valence-electron chi connectivity index (χ0n) is 9.75. The van der Waals surface area contributed by atoms with Gasteiger partial charge in [-0.25, -0.2) is 9.97 Å². The van der Waals surface area contributed by atoms with Gasteiger partial charge in [0.15, 0.2) is 0 Å². The number of nitrogens with one attached hydrogen (secondary N) is 1. The maximum absolute atomic E-state index is 12.0. The van der Waals surface area contributed by atoms with Crippen LogP contribution in [0.5, 0.6) is 0 Å². The first-order valence-electron chi connectivity index (χ1n) is 5.02. The molecule has 0 amide bonds. The van der Waals surface area contributed by atoms with Crippen molar-refractivity contribution in [3.63, 3.8) is 0 Å². The Morgan fingerprint density at radius 3 is 2.67 bits per heavy atom. The molecule has 0 aliphatic heterocycles. The second kappa shape index (κ2) is 4.58. The van der Waals surface area contributed by atoms with Gasteiger partial charge in [0.05, 0.1) is 6.33 Å². The quantitative estimate of drug-likeness (QED) is 0.929. The molecule has 8 heteroatoms. The molecule has 6 nitrogen and oxygen atoms in total. The lowest BCUT2D eigenvalue weighted by atomic mass is 10.3. The van der Waals surface area contributed by atoms with Crippen LogP contribution in [0.3, 0.4) is 0 Å². The van der Waals surface area contributed by atoms with Crippen LogP contribution in [0.15, 0.2) is 29.7 Å². The zero-order valence-corrected chi connectivity index (χ0v) is 11.3. The predicted molar refractivity (Wildman–Crippen MR) is 68.0 cm³/mol. The molecule has 0 aliphatic carbocycles. The monoisotopic (exact) mass is 286 g/mol. The Labute approximate surface area is 110 Å². The van der Waals surface area contributed by atoms with Crippen LogP contribution in [0.2, 0.25) is 5.15 Å². The highest BCUT2D eigenvalue weighted by Crippen LogP contribution is 2.21. The highest BCUT2D eigenvalue weighted by molar-refractivity contribution is 7.92. The normalized spacial score (nSPS) is 11.5. The molecule has 0 radical (unpaired) electrons. The largest absolute Gasteiger partial charge is 0.324 e. The fraction of sp³-hybridized carbons (Fsp3) is 0.200. The molecule has 2 aromatic rings. The van der Waals surface area contributed by atoms with Crippen molar-refractivity contribution in [3.8, 4) is 0 Å². The highest BCUT2D eigenvalue weighted by Gasteiger charge is 2.22. The smallest absolute Gasteiger partial charge is 0.283 e. The third-order valence-electron chi connectivity index (χ3n) is 2.24. The van der Waals surface area contributed by atoms with Gasteiger partial charge in [-0.05, 0) is 24.6 Å². The summed E-state index contributed by atoms with van der Waals surface area (Å²) >= 11 is 5.85. The number of imidazole rings is 1. The van der Waals surface area contributed by atoms with Crippen LogP contribution in [0.4, 0.5) is 5.82 Å². The van der Waals surface area contributed by atoms with Crippen LogP contribution >= 0.6 is 11.6 Å². The average Bonchev–Trinajstić information content (AvgIpc) is 2.59. The Hall–Kier alpha value is -1.60. The molecule has 0 saturated heterocycles. The van der Waals surface area contributed by atoms with E-state index in [1.807, 2.05) is 6.92 Å². The fourth-order valence-electron chi connectivity index (χ4n) is 1.35. The minimum atomic E-state index is -3.82.